The monoisotopic (exact) mass is 304 g/mol. The zero-order valence-electron chi connectivity index (χ0n) is 13.3. The van der Waals surface area contributed by atoms with Gasteiger partial charge in [-0.05, 0) is 47.9 Å². The highest BCUT2D eigenvalue weighted by molar-refractivity contribution is 5.80. The van der Waals surface area contributed by atoms with E-state index in [1.54, 1.807) is 4.73 Å². The topological polar surface area (TPSA) is 13.1 Å². The Morgan fingerprint density at radius 1 is 0.783 bits per heavy atom. The first-order valence-corrected chi connectivity index (χ1v) is 8.57. The summed E-state index contributed by atoms with van der Waals surface area (Å²) in [4.78, 5) is 5.95. The van der Waals surface area contributed by atoms with E-state index in [9.17, 15) is 0 Å². The first-order valence-electron chi connectivity index (χ1n) is 8.57. The van der Waals surface area contributed by atoms with Gasteiger partial charge in [-0.2, -0.15) is 0 Å². The summed E-state index contributed by atoms with van der Waals surface area (Å²) in [7, 11) is 0. The molecule has 116 valence electrons. The molecule has 1 fully saturated rings. The third kappa shape index (κ3) is 3.21. The molecule has 0 N–H and O–H groups in total. The largest absolute Gasteiger partial charge is 0.232 e. The molecule has 0 saturated heterocycles. The van der Waals surface area contributed by atoms with Crippen molar-refractivity contribution < 1.29 is 9.57 Å². The highest BCUT2D eigenvalue weighted by Gasteiger charge is 2.15. The Morgan fingerprint density at radius 2 is 1.52 bits per heavy atom. The number of pyridine rings is 1. The van der Waals surface area contributed by atoms with Crippen LogP contribution in [0, 0.1) is 0 Å². The summed E-state index contributed by atoms with van der Waals surface area (Å²) in [6.45, 7) is 0. The summed E-state index contributed by atoms with van der Waals surface area (Å²) in [6.07, 6.45) is 10.8. The van der Waals surface area contributed by atoms with Crippen molar-refractivity contribution in [3.05, 3.63) is 72.6 Å². The van der Waals surface area contributed by atoms with E-state index < -0.39 is 0 Å². The average Bonchev–Trinajstić information content (AvgIpc) is 2.63. The molecule has 3 aromatic rings. The summed E-state index contributed by atoms with van der Waals surface area (Å²) in [5.74, 6) is 1.62. The van der Waals surface area contributed by atoms with Crippen LogP contribution in [0.2, 0.25) is 0 Å². The lowest BCUT2D eigenvalue weighted by atomic mass is 9.84. The molecule has 1 aliphatic carbocycles. The maximum absolute atomic E-state index is 5.95. The predicted octanol–water partition coefficient (Wildman–Crippen LogP) is 5.02. The zero-order valence-corrected chi connectivity index (χ0v) is 13.3. The van der Waals surface area contributed by atoms with Gasteiger partial charge in [-0.3, -0.25) is 0 Å². The van der Waals surface area contributed by atoms with Crippen LogP contribution in [0.3, 0.4) is 0 Å². The lowest BCUT2D eigenvalue weighted by Gasteiger charge is -2.21. The second-order valence-corrected chi connectivity index (χ2v) is 6.43. The van der Waals surface area contributed by atoms with Gasteiger partial charge in [-0.25, -0.2) is 4.84 Å². The Labute approximate surface area is 137 Å². The molecule has 1 saturated carbocycles. The number of aromatic nitrogens is 1. The van der Waals surface area contributed by atoms with Crippen LogP contribution in [0.5, 0.6) is 5.75 Å². The molecule has 2 heteroatoms. The molecule has 23 heavy (non-hydrogen) atoms. The predicted molar refractivity (Wildman–Crippen MR) is 92.4 cm³/mol. The molecule has 1 aliphatic rings. The molecule has 0 spiro atoms. The minimum atomic E-state index is 0.742. The molecule has 1 heterocycles. The van der Waals surface area contributed by atoms with Crippen LogP contribution in [0.15, 0.2) is 67.0 Å². The van der Waals surface area contributed by atoms with Crippen LogP contribution < -0.4 is 9.57 Å². The molecule has 0 atom stereocenters. The van der Waals surface area contributed by atoms with Crippen LogP contribution >= 0.6 is 0 Å². The SMILES string of the molecule is c1ccc2c[n+](Oc3ccc(C4CCCCC4)cc3)ccc2c1. The van der Waals surface area contributed by atoms with Gasteiger partial charge in [0.05, 0.1) is 5.39 Å². The fourth-order valence-electron chi connectivity index (χ4n) is 3.53. The van der Waals surface area contributed by atoms with Gasteiger partial charge in [0.25, 0.3) is 0 Å². The summed E-state index contributed by atoms with van der Waals surface area (Å²) >= 11 is 0. The summed E-state index contributed by atoms with van der Waals surface area (Å²) < 4.78 is 1.78. The maximum atomic E-state index is 5.95. The van der Waals surface area contributed by atoms with Crippen molar-refractivity contribution >= 4 is 10.8 Å². The molecule has 0 bridgehead atoms. The molecule has 1 aromatic heterocycles. The summed E-state index contributed by atoms with van der Waals surface area (Å²) in [6, 6.07) is 19.0. The second kappa shape index (κ2) is 6.41. The first-order chi connectivity index (χ1) is 11.4. The molecule has 2 nitrogen and oxygen atoms in total. The molecule has 2 aromatic carbocycles. The standard InChI is InChI=1S/C21H22NO/c1-2-6-17(7-3-1)19-10-12-21(13-11-19)23-22-15-14-18-8-4-5-9-20(18)16-22/h4-5,8-17H,1-3,6-7H2/q+1. The van der Waals surface area contributed by atoms with Gasteiger partial charge in [-0.15, -0.1) is 0 Å². The van der Waals surface area contributed by atoms with Crippen molar-refractivity contribution in [1.29, 1.82) is 0 Å². The Morgan fingerprint density at radius 3 is 2.30 bits per heavy atom. The number of benzene rings is 2. The van der Waals surface area contributed by atoms with E-state index in [1.165, 1.54) is 48.4 Å². The van der Waals surface area contributed by atoms with Gasteiger partial charge >= 0.3 is 0 Å². The van der Waals surface area contributed by atoms with Crippen molar-refractivity contribution in [2.24, 2.45) is 0 Å². The van der Waals surface area contributed by atoms with Gasteiger partial charge in [0.2, 0.25) is 18.1 Å². The third-order valence-corrected chi connectivity index (χ3v) is 4.83. The van der Waals surface area contributed by atoms with Crippen molar-refractivity contribution in [3.63, 3.8) is 0 Å². The molecule has 4 rings (SSSR count). The fraction of sp³-hybridized carbons (Fsp3) is 0.286. The minimum absolute atomic E-state index is 0.742. The van der Waals surface area contributed by atoms with Crippen LogP contribution in [0.4, 0.5) is 0 Å². The molecule has 0 aliphatic heterocycles. The molecule has 0 unspecified atom stereocenters. The number of hydrogen-bond donors (Lipinski definition) is 0. The quantitative estimate of drug-likeness (QED) is 0.619. The van der Waals surface area contributed by atoms with Gasteiger partial charge in [0.15, 0.2) is 0 Å². The van der Waals surface area contributed by atoms with Crippen molar-refractivity contribution in [2.75, 3.05) is 0 Å². The van der Waals surface area contributed by atoms with Crippen molar-refractivity contribution in [3.8, 4) is 5.75 Å². The van der Waals surface area contributed by atoms with Gasteiger partial charge < -0.3 is 0 Å². The maximum Gasteiger partial charge on any atom is 0.230 e. The van der Waals surface area contributed by atoms with Gasteiger partial charge in [0, 0.05) is 10.8 Å². The van der Waals surface area contributed by atoms with Crippen LogP contribution in [-0.4, -0.2) is 0 Å². The van der Waals surface area contributed by atoms with Crippen molar-refractivity contribution in [1.82, 2.24) is 0 Å². The Bertz CT molecular complexity index is 788. The van der Waals surface area contributed by atoms with Gasteiger partial charge in [0.1, 0.15) is 0 Å². The zero-order chi connectivity index (χ0) is 15.5. The van der Waals surface area contributed by atoms with E-state index in [0.717, 1.165) is 11.7 Å². The average molecular weight is 304 g/mol. The highest BCUT2D eigenvalue weighted by atomic mass is 16.7. The second-order valence-electron chi connectivity index (χ2n) is 6.43. The normalized spacial score (nSPS) is 15.7. The summed E-state index contributed by atoms with van der Waals surface area (Å²) in [5, 5.41) is 2.40. The molecular formula is C21H22NO+. The number of hydrogen-bond acceptors (Lipinski definition) is 1. The number of rotatable bonds is 3. The first kappa shape index (κ1) is 14.3. The molecular weight excluding hydrogens is 282 g/mol. The Balaban J connectivity index is 1.51. The van der Waals surface area contributed by atoms with Crippen LogP contribution in [-0.2, 0) is 0 Å². The highest BCUT2D eigenvalue weighted by Crippen LogP contribution is 2.33. The van der Waals surface area contributed by atoms with E-state index in [4.69, 9.17) is 4.84 Å². The Hall–Kier alpha value is -2.35. The smallest absolute Gasteiger partial charge is 0.230 e. The summed E-state index contributed by atoms with van der Waals surface area (Å²) in [5.41, 5.74) is 1.46. The van der Waals surface area contributed by atoms with Crippen LogP contribution in [0.25, 0.3) is 10.8 Å². The van der Waals surface area contributed by atoms with E-state index in [1.807, 2.05) is 18.5 Å². The minimum Gasteiger partial charge on any atom is -0.232 e. The van der Waals surface area contributed by atoms with E-state index in [2.05, 4.69) is 48.5 Å². The van der Waals surface area contributed by atoms with E-state index in [0.29, 0.717) is 0 Å². The van der Waals surface area contributed by atoms with E-state index >= 15 is 0 Å². The number of nitrogens with zero attached hydrogens (tertiary/aromatic N) is 1. The lowest BCUT2D eigenvalue weighted by molar-refractivity contribution is -0.874. The Kier molecular flexibility index (Phi) is 3.97. The van der Waals surface area contributed by atoms with Gasteiger partial charge in [-0.1, -0.05) is 49.6 Å². The van der Waals surface area contributed by atoms with Crippen LogP contribution in [0.1, 0.15) is 43.6 Å². The van der Waals surface area contributed by atoms with E-state index in [-0.39, 0.29) is 0 Å². The number of fused-ring (bicyclic) bond motifs is 1. The molecule has 0 radical (unpaired) electrons. The lowest BCUT2D eigenvalue weighted by Crippen LogP contribution is -2.38. The fourth-order valence-corrected chi connectivity index (χ4v) is 3.53. The van der Waals surface area contributed by atoms with Crippen molar-refractivity contribution in [2.45, 2.75) is 38.0 Å². The molecule has 0 amide bonds. The third-order valence-electron chi connectivity index (χ3n) is 4.83.